The van der Waals surface area contributed by atoms with Crippen molar-refractivity contribution in [2.75, 3.05) is 24.6 Å². The highest BCUT2D eigenvalue weighted by atomic mass is 127. The molecule has 0 unspecified atom stereocenters. The third kappa shape index (κ3) is 6.09. The lowest BCUT2D eigenvalue weighted by Crippen LogP contribution is -2.24. The van der Waals surface area contributed by atoms with Crippen LogP contribution in [-0.4, -0.2) is 35.6 Å². The molecule has 0 aromatic heterocycles. The number of alkyl halides is 1. The molecular weight excluding hydrogens is 431 g/mol. The van der Waals surface area contributed by atoms with Crippen molar-refractivity contribution in [2.24, 2.45) is 10.2 Å². The molecule has 0 heterocycles. The zero-order valence-corrected chi connectivity index (χ0v) is 16.2. The van der Waals surface area contributed by atoms with E-state index in [9.17, 15) is 9.90 Å². The molecule has 2 aromatic carbocycles. The summed E-state index contributed by atoms with van der Waals surface area (Å²) < 4.78 is 0.868. The molecule has 0 atom stereocenters. The number of hydrogen-bond acceptors (Lipinski definition) is 5. The highest BCUT2D eigenvalue weighted by Crippen LogP contribution is 2.29. The Bertz CT molecular complexity index is 732. The van der Waals surface area contributed by atoms with Gasteiger partial charge in [-0.25, -0.2) is 0 Å². The van der Waals surface area contributed by atoms with E-state index in [4.69, 9.17) is 0 Å². The minimum absolute atomic E-state index is 0.0896. The Kier molecular flexibility index (Phi) is 7.80. The lowest BCUT2D eigenvalue weighted by Gasteiger charge is -2.04. The van der Waals surface area contributed by atoms with Gasteiger partial charge < -0.3 is 15.7 Å². The maximum Gasteiger partial charge on any atom is 0.251 e. The molecule has 2 rings (SSSR count). The highest BCUT2D eigenvalue weighted by molar-refractivity contribution is 14.1. The summed E-state index contributed by atoms with van der Waals surface area (Å²) in [6.07, 6.45) is 0.848. The fraction of sp³-hybridized carbons (Fsp3) is 0.278. The zero-order chi connectivity index (χ0) is 18.1. The van der Waals surface area contributed by atoms with E-state index >= 15 is 0 Å². The van der Waals surface area contributed by atoms with Crippen LogP contribution in [0.5, 0.6) is 5.75 Å². The van der Waals surface area contributed by atoms with E-state index in [1.807, 2.05) is 19.2 Å². The van der Waals surface area contributed by atoms with E-state index in [2.05, 4.69) is 43.5 Å². The maximum atomic E-state index is 11.9. The van der Waals surface area contributed by atoms with Crippen LogP contribution >= 0.6 is 22.6 Å². The third-order valence-electron chi connectivity index (χ3n) is 3.49. The quantitative estimate of drug-likeness (QED) is 0.324. The van der Waals surface area contributed by atoms with E-state index in [1.54, 1.807) is 30.3 Å². The SMILES string of the molecule is CNCCc1ccc(O)c(/N=N/c2ccc(C(=O)NCCI)cc2)c1. The molecule has 0 aliphatic heterocycles. The van der Waals surface area contributed by atoms with Gasteiger partial charge in [0.25, 0.3) is 5.91 Å². The Morgan fingerprint density at radius 2 is 1.88 bits per heavy atom. The smallest absolute Gasteiger partial charge is 0.251 e. The molecule has 132 valence electrons. The standard InChI is InChI=1S/C18H21IN4O2/c1-20-10-8-13-2-7-17(24)16(12-13)23-22-15-5-3-14(4-6-15)18(25)21-11-9-19/h2-7,12,20,24H,8-11H2,1H3,(H,21,25)/b23-22+. The molecule has 1 amide bonds. The zero-order valence-electron chi connectivity index (χ0n) is 14.0. The number of benzene rings is 2. The number of azo groups is 1. The number of nitrogens with zero attached hydrogens (tertiary/aromatic N) is 2. The van der Waals surface area contributed by atoms with Crippen LogP contribution in [-0.2, 0) is 6.42 Å². The van der Waals surface area contributed by atoms with Crippen molar-refractivity contribution in [3.05, 3.63) is 53.6 Å². The molecule has 0 saturated carbocycles. The van der Waals surface area contributed by atoms with Crippen molar-refractivity contribution in [2.45, 2.75) is 6.42 Å². The Balaban J connectivity index is 2.07. The van der Waals surface area contributed by atoms with Crippen molar-refractivity contribution in [1.82, 2.24) is 10.6 Å². The van der Waals surface area contributed by atoms with Gasteiger partial charge >= 0.3 is 0 Å². The van der Waals surface area contributed by atoms with Crippen LogP contribution in [0, 0.1) is 0 Å². The van der Waals surface area contributed by atoms with E-state index < -0.39 is 0 Å². The number of phenolic OH excluding ortho intramolecular Hbond substituents is 1. The van der Waals surface area contributed by atoms with E-state index in [0.717, 1.165) is 23.0 Å². The molecule has 25 heavy (non-hydrogen) atoms. The summed E-state index contributed by atoms with van der Waals surface area (Å²) in [6, 6.07) is 12.2. The minimum atomic E-state index is -0.102. The van der Waals surface area contributed by atoms with Crippen LogP contribution in [0.3, 0.4) is 0 Å². The molecule has 0 fully saturated rings. The second kappa shape index (κ2) is 10.1. The Morgan fingerprint density at radius 1 is 1.12 bits per heavy atom. The number of carbonyl (C=O) groups is 1. The molecule has 0 radical (unpaired) electrons. The van der Waals surface area contributed by atoms with Crippen molar-refractivity contribution in [3.63, 3.8) is 0 Å². The molecule has 3 N–H and O–H groups in total. The first-order valence-corrected chi connectivity index (χ1v) is 9.49. The van der Waals surface area contributed by atoms with Crippen molar-refractivity contribution in [1.29, 1.82) is 0 Å². The topological polar surface area (TPSA) is 86.1 Å². The largest absolute Gasteiger partial charge is 0.506 e. The van der Waals surface area contributed by atoms with Crippen LogP contribution < -0.4 is 10.6 Å². The fourth-order valence-corrected chi connectivity index (χ4v) is 2.40. The number of likely N-dealkylation sites (N-methyl/N-ethyl adjacent to an activating group) is 1. The van der Waals surface area contributed by atoms with Gasteiger partial charge in [0, 0.05) is 16.5 Å². The number of rotatable bonds is 8. The van der Waals surface area contributed by atoms with E-state index in [1.165, 1.54) is 0 Å². The summed E-state index contributed by atoms with van der Waals surface area (Å²) in [5, 5.41) is 24.1. The van der Waals surface area contributed by atoms with E-state index in [0.29, 0.717) is 23.5 Å². The predicted octanol–water partition coefficient (Wildman–Crippen LogP) is 3.73. The number of nitrogens with one attached hydrogen (secondary N) is 2. The van der Waals surface area contributed by atoms with Gasteiger partial charge in [-0.15, -0.1) is 5.11 Å². The maximum absolute atomic E-state index is 11.9. The number of halogens is 1. The van der Waals surface area contributed by atoms with Crippen molar-refractivity contribution < 1.29 is 9.90 Å². The highest BCUT2D eigenvalue weighted by Gasteiger charge is 2.05. The fourth-order valence-electron chi connectivity index (χ4n) is 2.13. The molecule has 7 heteroatoms. The number of aromatic hydroxyl groups is 1. The van der Waals surface area contributed by atoms with Crippen molar-refractivity contribution in [3.8, 4) is 5.75 Å². The molecule has 0 aliphatic rings. The van der Waals surface area contributed by atoms with Gasteiger partial charge in [0.2, 0.25) is 0 Å². The average Bonchev–Trinajstić information content (AvgIpc) is 2.64. The lowest BCUT2D eigenvalue weighted by atomic mass is 10.1. The van der Waals surface area contributed by atoms with Crippen LogP contribution in [0.1, 0.15) is 15.9 Å². The van der Waals surface area contributed by atoms with Crippen molar-refractivity contribution >= 4 is 39.9 Å². The Morgan fingerprint density at radius 3 is 2.56 bits per heavy atom. The predicted molar refractivity (Wildman–Crippen MR) is 108 cm³/mol. The van der Waals surface area contributed by atoms with Gasteiger partial charge in [0.05, 0.1) is 5.69 Å². The average molecular weight is 452 g/mol. The summed E-state index contributed by atoms with van der Waals surface area (Å²) in [7, 11) is 1.90. The van der Waals surface area contributed by atoms with Gasteiger partial charge in [-0.1, -0.05) is 28.7 Å². The van der Waals surface area contributed by atoms with Gasteiger partial charge in [-0.05, 0) is 62.0 Å². The number of amides is 1. The molecule has 2 aromatic rings. The molecule has 0 spiro atoms. The van der Waals surface area contributed by atoms with E-state index in [-0.39, 0.29) is 11.7 Å². The van der Waals surface area contributed by atoms with Gasteiger partial charge in [0.15, 0.2) is 0 Å². The number of carbonyl (C=O) groups excluding carboxylic acids is 1. The van der Waals surface area contributed by atoms with Crippen LogP contribution in [0.25, 0.3) is 0 Å². The van der Waals surface area contributed by atoms with Gasteiger partial charge in [0.1, 0.15) is 11.4 Å². The third-order valence-corrected chi connectivity index (χ3v) is 4.03. The Hall–Kier alpha value is -2.00. The summed E-state index contributed by atoms with van der Waals surface area (Å²) in [5.41, 5.74) is 2.70. The molecular formula is C18H21IN4O2. The van der Waals surface area contributed by atoms with Crippen LogP contribution in [0.2, 0.25) is 0 Å². The second-order valence-corrected chi connectivity index (χ2v) is 6.45. The first-order valence-electron chi connectivity index (χ1n) is 7.96. The lowest BCUT2D eigenvalue weighted by molar-refractivity contribution is 0.0956. The normalized spacial score (nSPS) is 11.0. The molecule has 0 aliphatic carbocycles. The molecule has 6 nitrogen and oxygen atoms in total. The van der Waals surface area contributed by atoms with Gasteiger partial charge in [-0.3, -0.25) is 4.79 Å². The summed E-state index contributed by atoms with van der Waals surface area (Å²) >= 11 is 2.21. The Labute approximate surface area is 160 Å². The second-order valence-electron chi connectivity index (χ2n) is 5.37. The first-order chi connectivity index (χ1) is 12.1. The van der Waals surface area contributed by atoms with Gasteiger partial charge in [-0.2, -0.15) is 5.11 Å². The number of phenols is 1. The monoisotopic (exact) mass is 452 g/mol. The summed E-state index contributed by atoms with van der Waals surface area (Å²) in [6.45, 7) is 1.49. The van der Waals surface area contributed by atoms with Crippen LogP contribution in [0.15, 0.2) is 52.7 Å². The summed E-state index contributed by atoms with van der Waals surface area (Å²) in [4.78, 5) is 11.9. The summed E-state index contributed by atoms with van der Waals surface area (Å²) in [5.74, 6) is -0.0122. The number of hydrogen-bond donors (Lipinski definition) is 3. The van der Waals surface area contributed by atoms with Crippen LogP contribution in [0.4, 0.5) is 11.4 Å². The molecule has 0 saturated heterocycles. The molecule has 0 bridgehead atoms. The minimum Gasteiger partial charge on any atom is -0.506 e. The first kappa shape index (κ1) is 19.3.